The minimum atomic E-state index is -0.891. The lowest BCUT2D eigenvalue weighted by Crippen LogP contribution is -2.47. The first-order valence-corrected chi connectivity index (χ1v) is 11.6. The number of anilines is 1. The van der Waals surface area contributed by atoms with E-state index in [4.69, 9.17) is 9.47 Å². The van der Waals surface area contributed by atoms with Gasteiger partial charge in [-0.1, -0.05) is 12.1 Å². The van der Waals surface area contributed by atoms with Crippen molar-refractivity contribution in [1.82, 2.24) is 4.90 Å². The lowest BCUT2D eigenvalue weighted by atomic mass is 9.91. The van der Waals surface area contributed by atoms with Gasteiger partial charge in [-0.25, -0.2) is 14.0 Å². The first-order valence-electron chi connectivity index (χ1n) is 11.6. The highest BCUT2D eigenvalue weighted by Crippen LogP contribution is 2.35. The summed E-state index contributed by atoms with van der Waals surface area (Å²) in [6, 6.07) is 11.5. The maximum Gasteiger partial charge on any atom is 0.410 e. The fraction of sp³-hybridized carbons (Fsp3) is 0.444. The number of nitrogens with zero attached hydrogens (tertiary/aromatic N) is 1. The van der Waals surface area contributed by atoms with Crippen LogP contribution in [0.5, 0.6) is 0 Å². The Hall–Kier alpha value is -3.42. The molecule has 7 nitrogen and oxygen atoms in total. The van der Waals surface area contributed by atoms with Crippen molar-refractivity contribution in [3.8, 4) is 0 Å². The van der Waals surface area contributed by atoms with E-state index < -0.39 is 46.9 Å². The molecule has 2 atom stereocenters. The monoisotopic (exact) mass is 484 g/mol. The predicted molar refractivity (Wildman–Crippen MR) is 131 cm³/mol. The highest BCUT2D eigenvalue weighted by Gasteiger charge is 2.44. The number of nitrogens with one attached hydrogen (secondary N) is 1. The Balaban J connectivity index is 1.83. The Labute approximate surface area is 205 Å². The number of halogens is 1. The number of likely N-dealkylation sites (tertiary alicyclic amines) is 1. The van der Waals surface area contributed by atoms with Gasteiger partial charge in [-0.05, 0) is 89.9 Å². The molecule has 3 rings (SSSR count). The first-order chi connectivity index (χ1) is 16.2. The molecule has 188 valence electrons. The molecule has 2 aromatic rings. The number of carbonyl (C=O) groups excluding carboxylic acids is 3. The number of esters is 1. The zero-order chi connectivity index (χ0) is 26.0. The summed E-state index contributed by atoms with van der Waals surface area (Å²) in [6.45, 7) is 10.9. The summed E-state index contributed by atoms with van der Waals surface area (Å²) in [5.41, 5.74) is 0.0929. The number of hydrogen-bond acceptors (Lipinski definition) is 5. The quantitative estimate of drug-likeness (QED) is 0.578. The number of amides is 2. The number of rotatable bonds is 4. The van der Waals surface area contributed by atoms with Crippen LogP contribution in [0.2, 0.25) is 0 Å². The second-order valence-electron chi connectivity index (χ2n) is 10.6. The third kappa shape index (κ3) is 7.04. The molecule has 1 fully saturated rings. The molecule has 1 N–H and O–H groups in total. The number of benzene rings is 2. The molecule has 0 saturated carbocycles. The molecule has 0 spiro atoms. The van der Waals surface area contributed by atoms with Crippen LogP contribution in [-0.4, -0.2) is 46.7 Å². The molecule has 0 bridgehead atoms. The van der Waals surface area contributed by atoms with Gasteiger partial charge < -0.3 is 14.8 Å². The first kappa shape index (κ1) is 26.2. The van der Waals surface area contributed by atoms with Gasteiger partial charge in [-0.3, -0.25) is 9.69 Å². The Morgan fingerprint density at radius 2 is 1.57 bits per heavy atom. The molecule has 2 amide bonds. The molecule has 0 aromatic heterocycles. The van der Waals surface area contributed by atoms with E-state index >= 15 is 0 Å². The number of carbonyl (C=O) groups is 3. The van der Waals surface area contributed by atoms with E-state index in [0.29, 0.717) is 29.8 Å². The van der Waals surface area contributed by atoms with Crippen molar-refractivity contribution in [1.29, 1.82) is 0 Å². The molecule has 1 aliphatic heterocycles. The minimum Gasteiger partial charge on any atom is -0.456 e. The summed E-state index contributed by atoms with van der Waals surface area (Å²) in [5, 5.41) is 2.83. The van der Waals surface area contributed by atoms with Gasteiger partial charge in [0, 0.05) is 18.2 Å². The van der Waals surface area contributed by atoms with Crippen LogP contribution in [-0.2, 0) is 14.3 Å². The molecule has 1 aliphatic rings. The second-order valence-corrected chi connectivity index (χ2v) is 10.6. The van der Waals surface area contributed by atoms with Gasteiger partial charge in [0.1, 0.15) is 23.1 Å². The van der Waals surface area contributed by atoms with Gasteiger partial charge in [0.15, 0.2) is 0 Å². The average molecular weight is 485 g/mol. The second kappa shape index (κ2) is 10.1. The summed E-state index contributed by atoms with van der Waals surface area (Å²) in [4.78, 5) is 40.0. The van der Waals surface area contributed by atoms with Crippen molar-refractivity contribution in [2.45, 2.75) is 71.1 Å². The van der Waals surface area contributed by atoms with E-state index in [-0.39, 0.29) is 0 Å². The standard InChI is InChI=1S/C27H33FN2O5/c1-26(2,3)34-24(32)17-10-12-20(13-11-17)29-23(31)22-21(18-8-7-9-19(28)16-18)14-15-30(22)25(33)35-27(4,5)6/h7-13,16,21-22H,14-15H2,1-6H3,(H,29,31)/t21-,22-/m0/s1. The Morgan fingerprint density at radius 1 is 0.943 bits per heavy atom. The van der Waals surface area contributed by atoms with Gasteiger partial charge in [0.25, 0.3) is 0 Å². The largest absolute Gasteiger partial charge is 0.456 e. The van der Waals surface area contributed by atoms with E-state index in [9.17, 15) is 18.8 Å². The van der Waals surface area contributed by atoms with Crippen molar-refractivity contribution in [2.24, 2.45) is 0 Å². The van der Waals surface area contributed by atoms with Crippen molar-refractivity contribution < 1.29 is 28.2 Å². The van der Waals surface area contributed by atoms with Crippen LogP contribution in [0.15, 0.2) is 48.5 Å². The van der Waals surface area contributed by atoms with E-state index in [2.05, 4.69) is 5.32 Å². The van der Waals surface area contributed by atoms with Gasteiger partial charge in [0.05, 0.1) is 5.56 Å². The molecule has 8 heteroatoms. The molecule has 2 aromatic carbocycles. The average Bonchev–Trinajstić information content (AvgIpc) is 3.17. The molecule has 0 radical (unpaired) electrons. The van der Waals surface area contributed by atoms with Crippen LogP contribution in [0, 0.1) is 5.82 Å². The van der Waals surface area contributed by atoms with Crippen molar-refractivity contribution in [2.75, 3.05) is 11.9 Å². The zero-order valence-electron chi connectivity index (χ0n) is 21.1. The number of hydrogen-bond donors (Lipinski definition) is 1. The minimum absolute atomic E-state index is 0.297. The van der Waals surface area contributed by atoms with E-state index in [1.807, 2.05) is 0 Å². The van der Waals surface area contributed by atoms with Crippen LogP contribution in [0.25, 0.3) is 0 Å². The summed E-state index contributed by atoms with van der Waals surface area (Å²) < 4.78 is 24.8. The molecule has 0 unspecified atom stereocenters. The summed E-state index contributed by atoms with van der Waals surface area (Å²) in [7, 11) is 0. The highest BCUT2D eigenvalue weighted by molar-refractivity contribution is 5.98. The lowest BCUT2D eigenvalue weighted by Gasteiger charge is -2.30. The van der Waals surface area contributed by atoms with Crippen LogP contribution in [0.4, 0.5) is 14.9 Å². The highest BCUT2D eigenvalue weighted by atomic mass is 19.1. The van der Waals surface area contributed by atoms with E-state index in [0.717, 1.165) is 0 Å². The maximum absolute atomic E-state index is 13.9. The van der Waals surface area contributed by atoms with Crippen LogP contribution < -0.4 is 5.32 Å². The zero-order valence-corrected chi connectivity index (χ0v) is 21.1. The molecule has 1 saturated heterocycles. The normalized spacial score (nSPS) is 18.2. The SMILES string of the molecule is CC(C)(C)OC(=O)c1ccc(NC(=O)[C@@H]2[C@H](c3cccc(F)c3)CCN2C(=O)OC(C)(C)C)cc1. The van der Waals surface area contributed by atoms with Gasteiger partial charge in [-0.15, -0.1) is 0 Å². The predicted octanol–water partition coefficient (Wildman–Crippen LogP) is 5.51. The molecule has 0 aliphatic carbocycles. The fourth-order valence-corrected chi connectivity index (χ4v) is 3.97. The van der Waals surface area contributed by atoms with E-state index in [1.165, 1.54) is 17.0 Å². The molecular formula is C27H33FN2O5. The fourth-order valence-electron chi connectivity index (χ4n) is 3.97. The number of ether oxygens (including phenoxy) is 2. The summed E-state index contributed by atoms with van der Waals surface area (Å²) in [6.07, 6.45) is -0.116. The molecule has 35 heavy (non-hydrogen) atoms. The Morgan fingerprint density at radius 3 is 2.14 bits per heavy atom. The van der Waals surface area contributed by atoms with Crippen LogP contribution in [0.3, 0.4) is 0 Å². The smallest absolute Gasteiger partial charge is 0.410 e. The summed E-state index contributed by atoms with van der Waals surface area (Å²) >= 11 is 0. The Bertz CT molecular complexity index is 1090. The van der Waals surface area contributed by atoms with Crippen molar-refractivity contribution >= 4 is 23.7 Å². The van der Waals surface area contributed by atoms with Gasteiger partial charge >= 0.3 is 12.1 Å². The topological polar surface area (TPSA) is 84.9 Å². The van der Waals surface area contributed by atoms with E-state index in [1.54, 1.807) is 77.9 Å². The molecule has 1 heterocycles. The van der Waals surface area contributed by atoms with Crippen LogP contribution in [0.1, 0.15) is 69.8 Å². The molecular weight excluding hydrogens is 451 g/mol. The van der Waals surface area contributed by atoms with Crippen molar-refractivity contribution in [3.05, 3.63) is 65.5 Å². The van der Waals surface area contributed by atoms with Gasteiger partial charge in [-0.2, -0.15) is 0 Å². The van der Waals surface area contributed by atoms with Crippen molar-refractivity contribution in [3.63, 3.8) is 0 Å². The third-order valence-electron chi connectivity index (χ3n) is 5.36. The van der Waals surface area contributed by atoms with Crippen LogP contribution >= 0.6 is 0 Å². The maximum atomic E-state index is 13.9. The van der Waals surface area contributed by atoms with Gasteiger partial charge in [0.2, 0.25) is 5.91 Å². The summed E-state index contributed by atoms with van der Waals surface area (Å²) in [5.74, 6) is -1.70. The lowest BCUT2D eigenvalue weighted by molar-refractivity contribution is -0.120. The third-order valence-corrected chi connectivity index (χ3v) is 5.36. The Kier molecular flexibility index (Phi) is 7.53.